The fraction of sp³-hybridized carbons (Fsp3) is 0.357. The Hall–Kier alpha value is -1.88. The van der Waals surface area contributed by atoms with Crippen LogP contribution in [0.2, 0.25) is 5.02 Å². The van der Waals surface area contributed by atoms with Crippen LogP contribution in [0.25, 0.3) is 0 Å². The molecule has 0 radical (unpaired) electrons. The van der Waals surface area contributed by atoms with Gasteiger partial charge in [0.2, 0.25) is 0 Å². The molecule has 1 aromatic carbocycles. The Morgan fingerprint density at radius 2 is 1.85 bits per heavy atom. The molecule has 0 spiro atoms. The van der Waals surface area contributed by atoms with E-state index in [9.17, 15) is 9.59 Å². The van der Waals surface area contributed by atoms with Crippen molar-refractivity contribution in [1.82, 2.24) is 5.43 Å². The lowest BCUT2D eigenvalue weighted by Crippen LogP contribution is -2.33. The minimum absolute atomic E-state index is 0.546. The SMILES string of the molecule is CCC(CC)=NNC(=O)C(=O)Nc1ccc(Cl)cc1C. The first-order chi connectivity index (χ1) is 9.47. The molecule has 0 saturated heterocycles. The lowest BCUT2D eigenvalue weighted by atomic mass is 10.2. The van der Waals surface area contributed by atoms with Crippen molar-refractivity contribution in [2.24, 2.45) is 5.10 Å². The van der Waals surface area contributed by atoms with E-state index in [0.717, 1.165) is 24.1 Å². The zero-order valence-electron chi connectivity index (χ0n) is 11.8. The number of hydrogen-bond acceptors (Lipinski definition) is 3. The molecule has 1 aromatic rings. The summed E-state index contributed by atoms with van der Waals surface area (Å²) in [5, 5.41) is 6.99. The number of benzene rings is 1. The van der Waals surface area contributed by atoms with Gasteiger partial charge in [-0.05, 0) is 43.5 Å². The predicted molar refractivity (Wildman–Crippen MR) is 81.0 cm³/mol. The van der Waals surface area contributed by atoms with Gasteiger partial charge in [0.15, 0.2) is 0 Å². The van der Waals surface area contributed by atoms with Crippen LogP contribution in [0.15, 0.2) is 23.3 Å². The second-order valence-electron chi connectivity index (χ2n) is 4.24. The third-order valence-corrected chi connectivity index (χ3v) is 3.01. The molecular formula is C14H18ClN3O2. The molecule has 2 N–H and O–H groups in total. The van der Waals surface area contributed by atoms with Crippen LogP contribution in [-0.4, -0.2) is 17.5 Å². The average molecular weight is 296 g/mol. The molecular weight excluding hydrogens is 278 g/mol. The summed E-state index contributed by atoms with van der Waals surface area (Å²) in [6.07, 6.45) is 1.46. The van der Waals surface area contributed by atoms with Gasteiger partial charge in [0.05, 0.1) is 0 Å². The highest BCUT2D eigenvalue weighted by Gasteiger charge is 2.14. The Labute approximate surface area is 123 Å². The Morgan fingerprint density at radius 3 is 2.40 bits per heavy atom. The highest BCUT2D eigenvalue weighted by Crippen LogP contribution is 2.19. The van der Waals surface area contributed by atoms with Crippen LogP contribution in [0.1, 0.15) is 32.3 Å². The third kappa shape index (κ3) is 4.66. The number of amides is 2. The van der Waals surface area contributed by atoms with E-state index in [1.54, 1.807) is 25.1 Å². The summed E-state index contributed by atoms with van der Waals surface area (Å²) in [6.45, 7) is 5.67. The third-order valence-electron chi connectivity index (χ3n) is 2.77. The summed E-state index contributed by atoms with van der Waals surface area (Å²) in [5.41, 5.74) is 4.40. The first-order valence-corrected chi connectivity index (χ1v) is 6.78. The molecule has 0 aliphatic carbocycles. The second kappa shape index (κ2) is 7.65. The van der Waals surface area contributed by atoms with Crippen LogP contribution in [0, 0.1) is 6.92 Å². The highest BCUT2D eigenvalue weighted by molar-refractivity contribution is 6.39. The van der Waals surface area contributed by atoms with E-state index in [1.165, 1.54) is 0 Å². The van der Waals surface area contributed by atoms with E-state index in [0.29, 0.717) is 10.7 Å². The number of nitrogens with one attached hydrogen (secondary N) is 2. The maximum absolute atomic E-state index is 11.7. The Bertz CT molecular complexity index is 535. The smallest absolute Gasteiger partial charge is 0.317 e. The van der Waals surface area contributed by atoms with Gasteiger partial charge in [0.1, 0.15) is 0 Å². The van der Waals surface area contributed by atoms with Gasteiger partial charge in [-0.3, -0.25) is 9.59 Å². The van der Waals surface area contributed by atoms with Crippen molar-refractivity contribution in [1.29, 1.82) is 0 Å². The van der Waals surface area contributed by atoms with Gasteiger partial charge in [-0.25, -0.2) is 5.43 Å². The minimum Gasteiger partial charge on any atom is -0.317 e. The predicted octanol–water partition coefficient (Wildman–Crippen LogP) is 2.88. The van der Waals surface area contributed by atoms with Crippen molar-refractivity contribution in [2.45, 2.75) is 33.6 Å². The lowest BCUT2D eigenvalue weighted by Gasteiger charge is -2.08. The summed E-state index contributed by atoms with van der Waals surface area (Å²) in [5.74, 6) is -1.55. The standard InChI is InChI=1S/C14H18ClN3O2/c1-4-11(5-2)17-18-14(20)13(19)16-12-7-6-10(15)8-9(12)3/h6-8H,4-5H2,1-3H3,(H,16,19)(H,18,20). The van der Waals surface area contributed by atoms with Crippen LogP contribution in [0.5, 0.6) is 0 Å². The number of hydrazone groups is 1. The molecule has 0 atom stereocenters. The van der Waals surface area contributed by atoms with Gasteiger partial charge in [-0.2, -0.15) is 5.10 Å². The molecule has 0 unspecified atom stereocenters. The van der Waals surface area contributed by atoms with Crippen LogP contribution in [0.4, 0.5) is 5.69 Å². The molecule has 1 rings (SSSR count). The van der Waals surface area contributed by atoms with Crippen LogP contribution >= 0.6 is 11.6 Å². The molecule has 0 fully saturated rings. The van der Waals surface area contributed by atoms with E-state index >= 15 is 0 Å². The van der Waals surface area contributed by atoms with Crippen molar-refractivity contribution >= 4 is 34.8 Å². The van der Waals surface area contributed by atoms with Gasteiger partial charge >= 0.3 is 11.8 Å². The molecule has 5 nitrogen and oxygen atoms in total. The summed E-state index contributed by atoms with van der Waals surface area (Å²) in [4.78, 5) is 23.3. The number of halogens is 1. The van der Waals surface area contributed by atoms with Crippen molar-refractivity contribution < 1.29 is 9.59 Å². The van der Waals surface area contributed by atoms with E-state index in [-0.39, 0.29) is 0 Å². The van der Waals surface area contributed by atoms with Crippen molar-refractivity contribution in [3.05, 3.63) is 28.8 Å². The van der Waals surface area contributed by atoms with E-state index in [4.69, 9.17) is 11.6 Å². The van der Waals surface area contributed by atoms with Crippen LogP contribution in [-0.2, 0) is 9.59 Å². The molecule has 2 amide bonds. The maximum Gasteiger partial charge on any atom is 0.329 e. The monoisotopic (exact) mass is 295 g/mol. The molecule has 0 aliphatic heterocycles. The fourth-order valence-corrected chi connectivity index (χ4v) is 1.76. The molecule has 20 heavy (non-hydrogen) atoms. The minimum atomic E-state index is -0.793. The molecule has 0 saturated carbocycles. The summed E-state index contributed by atoms with van der Waals surface area (Å²) >= 11 is 5.82. The van der Waals surface area contributed by atoms with Gasteiger partial charge < -0.3 is 5.32 Å². The molecule has 0 aliphatic rings. The normalized spacial score (nSPS) is 9.80. The molecule has 108 valence electrons. The molecule has 0 heterocycles. The number of nitrogens with zero attached hydrogens (tertiary/aromatic N) is 1. The quantitative estimate of drug-likeness (QED) is 0.509. The van der Waals surface area contributed by atoms with Gasteiger partial charge in [0.25, 0.3) is 0 Å². The number of hydrogen-bond donors (Lipinski definition) is 2. The molecule has 6 heteroatoms. The Morgan fingerprint density at radius 1 is 1.20 bits per heavy atom. The number of aryl methyl sites for hydroxylation is 1. The van der Waals surface area contributed by atoms with Crippen molar-refractivity contribution in [2.75, 3.05) is 5.32 Å². The lowest BCUT2D eigenvalue weighted by molar-refractivity contribution is -0.136. The first kappa shape index (κ1) is 16.2. The number of rotatable bonds is 4. The first-order valence-electron chi connectivity index (χ1n) is 6.40. The highest BCUT2D eigenvalue weighted by atomic mass is 35.5. The zero-order valence-corrected chi connectivity index (χ0v) is 12.5. The van der Waals surface area contributed by atoms with E-state index < -0.39 is 11.8 Å². The van der Waals surface area contributed by atoms with Crippen molar-refractivity contribution in [3.63, 3.8) is 0 Å². The van der Waals surface area contributed by atoms with Gasteiger partial charge in [-0.15, -0.1) is 0 Å². The number of carbonyl (C=O) groups is 2. The zero-order chi connectivity index (χ0) is 15.1. The van der Waals surface area contributed by atoms with E-state index in [2.05, 4.69) is 15.8 Å². The van der Waals surface area contributed by atoms with Gasteiger partial charge in [0, 0.05) is 16.4 Å². The summed E-state index contributed by atoms with van der Waals surface area (Å²) in [6, 6.07) is 5.00. The van der Waals surface area contributed by atoms with Crippen molar-refractivity contribution in [3.8, 4) is 0 Å². The Balaban J connectivity index is 2.66. The Kier molecular flexibility index (Phi) is 6.18. The van der Waals surface area contributed by atoms with E-state index in [1.807, 2.05) is 13.8 Å². The summed E-state index contributed by atoms with van der Waals surface area (Å²) in [7, 11) is 0. The molecule has 0 bridgehead atoms. The van der Waals surface area contributed by atoms with Gasteiger partial charge in [-0.1, -0.05) is 25.4 Å². The second-order valence-corrected chi connectivity index (χ2v) is 4.68. The van der Waals surface area contributed by atoms with Crippen LogP contribution < -0.4 is 10.7 Å². The molecule has 0 aromatic heterocycles. The van der Waals surface area contributed by atoms with Crippen LogP contribution in [0.3, 0.4) is 0 Å². The topological polar surface area (TPSA) is 70.6 Å². The number of anilines is 1. The number of carbonyl (C=O) groups excluding carboxylic acids is 2. The fourth-order valence-electron chi connectivity index (χ4n) is 1.54. The average Bonchev–Trinajstić information content (AvgIpc) is 2.42. The largest absolute Gasteiger partial charge is 0.329 e. The maximum atomic E-state index is 11.7. The summed E-state index contributed by atoms with van der Waals surface area (Å²) < 4.78 is 0.